The molecule has 46 heavy (non-hydrogen) atoms. The first kappa shape index (κ1) is 32.0. The number of hydrogen-bond donors (Lipinski definition) is 0. The molecule has 1 saturated heterocycles. The van der Waals surface area contributed by atoms with E-state index in [1.54, 1.807) is 24.3 Å². The minimum atomic E-state index is -4.79. The van der Waals surface area contributed by atoms with Crippen LogP contribution in [-0.2, 0) is 4.79 Å². The molecule has 1 aliphatic rings. The number of nitriles is 1. The van der Waals surface area contributed by atoms with E-state index in [2.05, 4.69) is 30.9 Å². The average molecular weight is 650 g/mol. The van der Waals surface area contributed by atoms with Crippen molar-refractivity contribution >= 4 is 40.8 Å². The summed E-state index contributed by atoms with van der Waals surface area (Å²) in [5.74, 6) is -1.75. The quantitative estimate of drug-likeness (QED) is 0.155. The number of amidine groups is 1. The lowest BCUT2D eigenvalue weighted by Crippen LogP contribution is -2.30. The fraction of sp³-hybridized carbons (Fsp3) is 0.194. The maximum atomic E-state index is 13.9. The number of amides is 3. The van der Waals surface area contributed by atoms with Gasteiger partial charge in [0, 0.05) is 11.8 Å². The molecule has 0 N–H and O–H groups in total. The molecule has 1 unspecified atom stereocenters. The summed E-state index contributed by atoms with van der Waals surface area (Å²) in [6.45, 7) is 3.72. The number of halogens is 4. The highest BCUT2D eigenvalue weighted by Gasteiger charge is 2.33. The van der Waals surface area contributed by atoms with Crippen LogP contribution in [0.25, 0.3) is 17.1 Å². The van der Waals surface area contributed by atoms with Gasteiger partial charge in [0.15, 0.2) is 11.0 Å². The fourth-order valence-electron chi connectivity index (χ4n) is 4.48. The molecule has 0 radical (unpaired) electrons. The largest absolute Gasteiger partial charge is 0.573 e. The van der Waals surface area contributed by atoms with Gasteiger partial charge in [-0.2, -0.15) is 10.3 Å². The summed E-state index contributed by atoms with van der Waals surface area (Å²) in [6.07, 6.45) is -2.24. The van der Waals surface area contributed by atoms with Crippen LogP contribution >= 0.6 is 11.8 Å². The second kappa shape index (κ2) is 13.3. The molecular formula is C31H23F4N7O3S. The number of thioether (sulfide) groups is 1. The molecule has 0 saturated carbocycles. The Kier molecular flexibility index (Phi) is 9.28. The highest BCUT2D eigenvalue weighted by molar-refractivity contribution is 8.15. The van der Waals surface area contributed by atoms with Crippen molar-refractivity contribution in [3.63, 3.8) is 0 Å². The number of carbonyl (C=O) groups is 2. The van der Waals surface area contributed by atoms with Crippen molar-refractivity contribution in [3.8, 4) is 28.9 Å². The second-order valence-corrected chi connectivity index (χ2v) is 11.1. The molecule has 1 aliphatic heterocycles. The third-order valence-electron chi connectivity index (χ3n) is 6.64. The van der Waals surface area contributed by atoms with Crippen molar-refractivity contribution < 1.29 is 31.9 Å². The Labute approximate surface area is 264 Å². The van der Waals surface area contributed by atoms with Gasteiger partial charge in [0.25, 0.3) is 0 Å². The third kappa shape index (κ3) is 7.46. The Balaban J connectivity index is 1.27. The molecular weight excluding hydrogens is 626 g/mol. The zero-order valence-corrected chi connectivity index (χ0v) is 25.0. The van der Waals surface area contributed by atoms with Gasteiger partial charge in [-0.05, 0) is 59.5 Å². The minimum Gasteiger partial charge on any atom is -0.406 e. The standard InChI is InChI=1S/C31H23F4N7O3S/c1-18(2)25-13-22(32)7-12-26(25)42-27(43)16-46-30(42)39-29(44)37-15-21(14-36)19-3-5-20(6-4-19)28-38-17-41(40-28)23-8-10-24(11-9-23)45-31(33,34)35/h3-13,15,17-18,21H,16H2,1-2H3. The average Bonchev–Trinajstić information content (AvgIpc) is 3.64. The molecule has 1 atom stereocenters. The van der Waals surface area contributed by atoms with Crippen LogP contribution in [-0.4, -0.2) is 50.2 Å². The van der Waals surface area contributed by atoms with Gasteiger partial charge in [0.1, 0.15) is 23.8 Å². The number of carbonyl (C=O) groups excluding carboxylic acids is 2. The van der Waals surface area contributed by atoms with Crippen molar-refractivity contribution in [2.45, 2.75) is 32.0 Å². The number of nitrogens with zero attached hydrogens (tertiary/aromatic N) is 7. The number of urea groups is 1. The third-order valence-corrected chi connectivity index (χ3v) is 7.56. The zero-order valence-electron chi connectivity index (χ0n) is 24.1. The van der Waals surface area contributed by atoms with E-state index in [1.165, 1.54) is 46.2 Å². The summed E-state index contributed by atoms with van der Waals surface area (Å²) in [6, 6.07) is 17.0. The van der Waals surface area contributed by atoms with Crippen LogP contribution in [0, 0.1) is 17.1 Å². The van der Waals surface area contributed by atoms with Gasteiger partial charge in [-0.3, -0.25) is 9.69 Å². The number of aromatic nitrogens is 3. The van der Waals surface area contributed by atoms with Gasteiger partial charge in [-0.15, -0.1) is 18.3 Å². The van der Waals surface area contributed by atoms with Gasteiger partial charge in [0.05, 0.1) is 23.2 Å². The molecule has 0 aliphatic carbocycles. The normalized spacial score (nSPS) is 15.1. The summed E-state index contributed by atoms with van der Waals surface area (Å²) in [4.78, 5) is 38.6. The van der Waals surface area contributed by atoms with Gasteiger partial charge < -0.3 is 4.74 Å². The maximum Gasteiger partial charge on any atom is 0.573 e. The van der Waals surface area contributed by atoms with E-state index < -0.39 is 24.1 Å². The van der Waals surface area contributed by atoms with Crippen molar-refractivity contribution in [3.05, 3.63) is 90.0 Å². The lowest BCUT2D eigenvalue weighted by Gasteiger charge is -2.21. The second-order valence-electron chi connectivity index (χ2n) is 10.1. The molecule has 15 heteroatoms. The zero-order chi connectivity index (χ0) is 33.0. The molecule has 3 aromatic carbocycles. The summed E-state index contributed by atoms with van der Waals surface area (Å²) in [5.41, 5.74) is 2.60. The smallest absolute Gasteiger partial charge is 0.406 e. The van der Waals surface area contributed by atoms with Gasteiger partial charge in [-0.25, -0.2) is 23.8 Å². The van der Waals surface area contributed by atoms with E-state index in [0.717, 1.165) is 30.1 Å². The Morgan fingerprint density at radius 2 is 1.83 bits per heavy atom. The van der Waals surface area contributed by atoms with Crippen molar-refractivity contribution in [1.29, 1.82) is 5.26 Å². The fourth-order valence-corrected chi connectivity index (χ4v) is 5.33. The van der Waals surface area contributed by atoms with Crippen LogP contribution in [0.5, 0.6) is 5.75 Å². The van der Waals surface area contributed by atoms with E-state index in [0.29, 0.717) is 33.9 Å². The number of rotatable bonds is 7. The van der Waals surface area contributed by atoms with Gasteiger partial charge >= 0.3 is 12.4 Å². The van der Waals surface area contributed by atoms with Crippen LogP contribution in [0.15, 0.2) is 83.0 Å². The first-order valence-electron chi connectivity index (χ1n) is 13.6. The number of anilines is 1. The Hall–Kier alpha value is -5.36. The summed E-state index contributed by atoms with van der Waals surface area (Å²) < 4.78 is 56.4. The lowest BCUT2D eigenvalue weighted by molar-refractivity contribution is -0.274. The van der Waals surface area contributed by atoms with Crippen LogP contribution in [0.3, 0.4) is 0 Å². The summed E-state index contributed by atoms with van der Waals surface area (Å²) >= 11 is 1.06. The van der Waals surface area contributed by atoms with E-state index in [-0.39, 0.29) is 28.5 Å². The number of hydrogen-bond acceptors (Lipinski definition) is 7. The predicted octanol–water partition coefficient (Wildman–Crippen LogP) is 7.03. The molecule has 0 bridgehead atoms. The van der Waals surface area contributed by atoms with E-state index in [9.17, 15) is 32.4 Å². The van der Waals surface area contributed by atoms with Gasteiger partial charge in [-0.1, -0.05) is 49.9 Å². The first-order chi connectivity index (χ1) is 21.9. The molecule has 1 fully saturated rings. The van der Waals surface area contributed by atoms with Crippen LogP contribution in [0.1, 0.15) is 36.8 Å². The topological polar surface area (TPSA) is 126 Å². The Morgan fingerprint density at radius 1 is 1.11 bits per heavy atom. The highest BCUT2D eigenvalue weighted by atomic mass is 32.2. The maximum absolute atomic E-state index is 13.9. The molecule has 5 rings (SSSR count). The Bertz CT molecular complexity index is 1860. The molecule has 1 aromatic heterocycles. The Morgan fingerprint density at radius 3 is 2.48 bits per heavy atom. The van der Waals surface area contributed by atoms with Crippen molar-refractivity contribution in [1.82, 2.24) is 14.8 Å². The van der Waals surface area contributed by atoms with E-state index >= 15 is 0 Å². The number of aliphatic imine (C=N–C) groups is 2. The monoisotopic (exact) mass is 649 g/mol. The number of ether oxygens (including phenoxy) is 1. The number of benzene rings is 3. The van der Waals surface area contributed by atoms with Crippen molar-refractivity contribution in [2.24, 2.45) is 9.98 Å². The van der Waals surface area contributed by atoms with Gasteiger partial charge in [0.2, 0.25) is 5.91 Å². The summed E-state index contributed by atoms with van der Waals surface area (Å²) in [5, 5.41) is 14.2. The molecule has 3 amide bonds. The van der Waals surface area contributed by atoms with Crippen LogP contribution in [0.2, 0.25) is 0 Å². The van der Waals surface area contributed by atoms with Crippen LogP contribution in [0.4, 0.5) is 28.0 Å². The molecule has 4 aromatic rings. The highest BCUT2D eigenvalue weighted by Crippen LogP contribution is 2.34. The van der Waals surface area contributed by atoms with Crippen LogP contribution < -0.4 is 9.64 Å². The minimum absolute atomic E-state index is 0.0498. The first-order valence-corrected chi connectivity index (χ1v) is 14.6. The van der Waals surface area contributed by atoms with E-state index in [1.807, 2.05) is 13.8 Å². The SMILES string of the molecule is CC(C)c1cc(F)ccc1N1C(=O)CSC1=NC(=O)N=CC(C#N)c1ccc(-c2ncn(-c3ccc(OC(F)(F)F)cc3)n2)cc1. The summed E-state index contributed by atoms with van der Waals surface area (Å²) in [7, 11) is 0. The molecule has 2 heterocycles. The molecule has 234 valence electrons. The van der Waals surface area contributed by atoms with E-state index in [4.69, 9.17) is 0 Å². The van der Waals surface area contributed by atoms with Crippen molar-refractivity contribution in [2.75, 3.05) is 10.7 Å². The lowest BCUT2D eigenvalue weighted by atomic mass is 10.0. The number of alkyl halides is 3. The molecule has 0 spiro atoms. The predicted molar refractivity (Wildman–Crippen MR) is 164 cm³/mol. The molecule has 10 nitrogen and oxygen atoms in total.